The van der Waals surface area contributed by atoms with Gasteiger partial charge in [-0.1, -0.05) is 13.8 Å². The van der Waals surface area contributed by atoms with Gasteiger partial charge in [0.15, 0.2) is 0 Å². The van der Waals surface area contributed by atoms with Crippen LogP contribution in [0.1, 0.15) is 33.6 Å². The molecule has 0 saturated heterocycles. The zero-order valence-corrected chi connectivity index (χ0v) is 19.7. The lowest BCUT2D eigenvalue weighted by Gasteiger charge is -2.25. The van der Waals surface area contributed by atoms with E-state index in [9.17, 15) is 29.1 Å². The molecule has 12 nitrogen and oxygen atoms in total. The summed E-state index contributed by atoms with van der Waals surface area (Å²) in [6.07, 6.45) is 2.29. The van der Waals surface area contributed by atoms with Gasteiger partial charge in [-0.2, -0.15) is 11.8 Å². The number of aliphatic hydroxyl groups excluding tert-OH is 1. The van der Waals surface area contributed by atoms with Gasteiger partial charge in [0.05, 0.1) is 13.2 Å². The number of carboxylic acid groups (broad SMARTS) is 1. The molecule has 0 fully saturated rings. The van der Waals surface area contributed by atoms with E-state index in [0.717, 1.165) is 0 Å². The highest BCUT2D eigenvalue weighted by Crippen LogP contribution is 2.06. The van der Waals surface area contributed by atoms with E-state index in [1.54, 1.807) is 6.26 Å². The third-order valence-corrected chi connectivity index (χ3v) is 4.98. The second-order valence-corrected chi connectivity index (χ2v) is 8.59. The monoisotopic (exact) mass is 477 g/mol. The lowest BCUT2D eigenvalue weighted by atomic mass is 10.0. The molecule has 0 heterocycles. The third kappa shape index (κ3) is 11.3. The Balaban J connectivity index is 5.29. The molecule has 0 aromatic carbocycles. The third-order valence-electron chi connectivity index (χ3n) is 4.33. The maximum atomic E-state index is 12.6. The Morgan fingerprint density at radius 1 is 0.875 bits per heavy atom. The number of carbonyl (C=O) groups excluding carboxylic acids is 4. The summed E-state index contributed by atoms with van der Waals surface area (Å²) >= 11 is 1.42. The number of amides is 4. The van der Waals surface area contributed by atoms with Crippen molar-refractivity contribution in [1.29, 1.82) is 0 Å². The highest BCUT2D eigenvalue weighted by Gasteiger charge is 2.30. The fourth-order valence-electron chi connectivity index (χ4n) is 2.58. The molecular weight excluding hydrogens is 442 g/mol. The predicted octanol–water partition coefficient (Wildman–Crippen LogP) is -2.22. The number of aliphatic hydroxyl groups is 1. The molecule has 4 amide bonds. The Kier molecular flexibility index (Phi) is 14.3. The van der Waals surface area contributed by atoms with Gasteiger partial charge >= 0.3 is 5.97 Å². The summed E-state index contributed by atoms with van der Waals surface area (Å²) in [6, 6.07) is -4.56. The van der Waals surface area contributed by atoms with Crippen molar-refractivity contribution in [3.05, 3.63) is 0 Å². The molecule has 4 atom stereocenters. The maximum absolute atomic E-state index is 12.6. The summed E-state index contributed by atoms with van der Waals surface area (Å²) in [5.74, 6) is -3.43. The number of rotatable bonds is 15. The molecule has 0 rings (SSSR count). The molecule has 0 unspecified atom stereocenters. The van der Waals surface area contributed by atoms with Crippen molar-refractivity contribution >= 4 is 41.4 Å². The van der Waals surface area contributed by atoms with E-state index in [0.29, 0.717) is 5.75 Å². The molecule has 0 aromatic heterocycles. The highest BCUT2D eigenvalue weighted by atomic mass is 32.2. The van der Waals surface area contributed by atoms with Crippen LogP contribution >= 0.6 is 11.8 Å². The lowest BCUT2D eigenvalue weighted by Crippen LogP contribution is -2.59. The first kappa shape index (κ1) is 29.6. The van der Waals surface area contributed by atoms with Crippen LogP contribution in [0.4, 0.5) is 0 Å². The SMILES string of the molecule is CSCC[C@H](NC(=O)[C@H](CO)NC(=O)[C@H](CC(C)C)NC(=O)CN)C(=O)N[C@@H](C)C(=O)O. The van der Waals surface area contributed by atoms with Crippen LogP contribution < -0.4 is 27.0 Å². The minimum absolute atomic E-state index is 0.0427. The molecule has 8 N–H and O–H groups in total. The first-order chi connectivity index (χ1) is 15.0. The van der Waals surface area contributed by atoms with Gasteiger partial charge in [0.25, 0.3) is 0 Å². The highest BCUT2D eigenvalue weighted by molar-refractivity contribution is 7.98. The summed E-state index contributed by atoms with van der Waals surface area (Å²) in [6.45, 7) is 3.91. The predicted molar refractivity (Wildman–Crippen MR) is 120 cm³/mol. The topological polar surface area (TPSA) is 200 Å². The van der Waals surface area contributed by atoms with E-state index in [4.69, 9.17) is 10.8 Å². The number of hydrogen-bond donors (Lipinski definition) is 7. The van der Waals surface area contributed by atoms with Crippen LogP contribution in [0.15, 0.2) is 0 Å². The Labute approximate surface area is 191 Å². The molecule has 184 valence electrons. The first-order valence-corrected chi connectivity index (χ1v) is 11.6. The molecule has 0 aromatic rings. The number of hydrogen-bond acceptors (Lipinski definition) is 8. The minimum atomic E-state index is -1.38. The molecular formula is C19H35N5O7S. The Morgan fingerprint density at radius 2 is 1.41 bits per heavy atom. The van der Waals surface area contributed by atoms with Gasteiger partial charge in [-0.25, -0.2) is 0 Å². The van der Waals surface area contributed by atoms with Crippen molar-refractivity contribution < 1.29 is 34.2 Å². The largest absolute Gasteiger partial charge is 0.480 e. The Hall–Kier alpha value is -2.38. The van der Waals surface area contributed by atoms with Crippen LogP contribution in [0, 0.1) is 5.92 Å². The average molecular weight is 478 g/mol. The van der Waals surface area contributed by atoms with E-state index in [-0.39, 0.29) is 25.3 Å². The Morgan fingerprint density at radius 3 is 1.88 bits per heavy atom. The molecule has 0 spiro atoms. The van der Waals surface area contributed by atoms with Crippen LogP contribution in [-0.2, 0) is 24.0 Å². The van der Waals surface area contributed by atoms with Crippen LogP contribution in [-0.4, -0.2) is 89.1 Å². The molecule has 0 aliphatic carbocycles. The smallest absolute Gasteiger partial charge is 0.325 e. The summed E-state index contributed by atoms with van der Waals surface area (Å²) in [4.78, 5) is 60.3. The second-order valence-electron chi connectivity index (χ2n) is 7.61. The van der Waals surface area contributed by atoms with Crippen LogP contribution in [0.5, 0.6) is 0 Å². The summed E-state index contributed by atoms with van der Waals surface area (Å²) < 4.78 is 0. The van der Waals surface area contributed by atoms with Gasteiger partial charge in [-0.15, -0.1) is 0 Å². The van der Waals surface area contributed by atoms with E-state index >= 15 is 0 Å². The zero-order chi connectivity index (χ0) is 24.8. The Bertz CT molecular complexity index is 662. The molecule has 0 bridgehead atoms. The van der Waals surface area contributed by atoms with Crippen molar-refractivity contribution in [2.24, 2.45) is 11.7 Å². The molecule has 0 radical (unpaired) electrons. The number of thioether (sulfide) groups is 1. The van der Waals surface area contributed by atoms with Crippen molar-refractivity contribution in [2.75, 3.05) is 25.2 Å². The van der Waals surface area contributed by atoms with Crippen molar-refractivity contribution in [1.82, 2.24) is 21.3 Å². The fraction of sp³-hybridized carbons (Fsp3) is 0.737. The lowest BCUT2D eigenvalue weighted by molar-refractivity contribution is -0.141. The molecule has 0 aliphatic rings. The van der Waals surface area contributed by atoms with Crippen LogP contribution in [0.25, 0.3) is 0 Å². The average Bonchev–Trinajstić information content (AvgIpc) is 2.73. The number of aliphatic carboxylic acids is 1. The van der Waals surface area contributed by atoms with Crippen molar-refractivity contribution in [3.8, 4) is 0 Å². The van der Waals surface area contributed by atoms with Gasteiger partial charge in [-0.3, -0.25) is 24.0 Å². The summed E-state index contributed by atoms with van der Waals surface area (Å²) in [5, 5.41) is 28.2. The second kappa shape index (κ2) is 15.4. The summed E-state index contributed by atoms with van der Waals surface area (Å²) in [5.41, 5.74) is 5.28. The van der Waals surface area contributed by atoms with Gasteiger partial charge in [-0.05, 0) is 37.7 Å². The van der Waals surface area contributed by atoms with Gasteiger partial charge in [0.2, 0.25) is 23.6 Å². The van der Waals surface area contributed by atoms with Gasteiger partial charge < -0.3 is 37.2 Å². The minimum Gasteiger partial charge on any atom is -0.480 e. The summed E-state index contributed by atoms with van der Waals surface area (Å²) in [7, 11) is 0. The number of nitrogens with two attached hydrogens (primary N) is 1. The normalized spacial score (nSPS) is 14.6. The number of nitrogens with one attached hydrogen (secondary N) is 4. The van der Waals surface area contributed by atoms with Crippen LogP contribution in [0.3, 0.4) is 0 Å². The zero-order valence-electron chi connectivity index (χ0n) is 18.8. The maximum Gasteiger partial charge on any atom is 0.325 e. The van der Waals surface area contributed by atoms with E-state index in [1.807, 2.05) is 13.8 Å². The molecule has 13 heteroatoms. The van der Waals surface area contributed by atoms with Gasteiger partial charge in [0, 0.05) is 0 Å². The molecule has 0 aliphatic heterocycles. The molecule has 32 heavy (non-hydrogen) atoms. The van der Waals surface area contributed by atoms with E-state index in [2.05, 4.69) is 21.3 Å². The van der Waals surface area contributed by atoms with Crippen molar-refractivity contribution in [3.63, 3.8) is 0 Å². The number of carboxylic acids is 1. The van der Waals surface area contributed by atoms with Gasteiger partial charge in [0.1, 0.15) is 24.2 Å². The van der Waals surface area contributed by atoms with Crippen LogP contribution in [0.2, 0.25) is 0 Å². The fourth-order valence-corrected chi connectivity index (χ4v) is 3.05. The first-order valence-electron chi connectivity index (χ1n) is 10.2. The molecule has 0 saturated carbocycles. The number of carbonyl (C=O) groups is 5. The van der Waals surface area contributed by atoms with Crippen molar-refractivity contribution in [2.45, 2.75) is 57.8 Å². The standard InChI is InChI=1S/C19H35N5O7S/c1-10(2)7-13(22-15(26)8-20)17(28)24-14(9-25)18(29)23-12(5-6-32-4)16(27)21-11(3)19(30)31/h10-14,25H,5-9,20H2,1-4H3,(H,21,27)(H,22,26)(H,23,29)(H,24,28)(H,30,31)/t11-,12-,13-,14-/m0/s1. The quantitative estimate of drug-likeness (QED) is 0.136. The van der Waals surface area contributed by atoms with E-state index < -0.39 is 60.4 Å². The van der Waals surface area contributed by atoms with E-state index in [1.165, 1.54) is 18.7 Å².